The number of nitrogens with one attached hydrogen (secondary N) is 1. The highest BCUT2D eigenvalue weighted by molar-refractivity contribution is 6.89. The van der Waals surface area contributed by atoms with E-state index in [0.29, 0.717) is 6.54 Å². The number of hydrogen-bond donors (Lipinski definition) is 1. The van der Waals surface area contributed by atoms with Gasteiger partial charge in [0.1, 0.15) is 5.82 Å². The van der Waals surface area contributed by atoms with Crippen LogP contribution in [-0.4, -0.2) is 20.5 Å². The predicted octanol–water partition coefficient (Wildman–Crippen LogP) is 2.12. The smallest absolute Gasteiger partial charge is 0.254 e. The van der Waals surface area contributed by atoms with Crippen molar-refractivity contribution < 1.29 is 9.18 Å². The molecule has 0 aromatic heterocycles. The molecule has 1 rings (SSSR count). The van der Waals surface area contributed by atoms with Gasteiger partial charge in [0.05, 0.1) is 13.6 Å². The van der Waals surface area contributed by atoms with E-state index in [-0.39, 0.29) is 11.5 Å². The van der Waals surface area contributed by atoms with Crippen LogP contribution in [0.25, 0.3) is 0 Å². The van der Waals surface area contributed by atoms with E-state index in [2.05, 4.69) is 25.0 Å². The van der Waals surface area contributed by atoms with Gasteiger partial charge in [0.15, 0.2) is 0 Å². The maximum atomic E-state index is 13.7. The normalized spacial score (nSPS) is 11.3. The molecule has 0 fully saturated rings. The van der Waals surface area contributed by atoms with Gasteiger partial charge >= 0.3 is 0 Å². The minimum absolute atomic E-state index is 0.225. The molecule has 1 N–H and O–H groups in total. The second kappa shape index (κ2) is 4.78. The van der Waals surface area contributed by atoms with Gasteiger partial charge in [0.2, 0.25) is 0 Å². The zero-order valence-electron chi connectivity index (χ0n) is 10.2. The van der Waals surface area contributed by atoms with Gasteiger partial charge in [-0.05, 0) is 18.2 Å². The summed E-state index contributed by atoms with van der Waals surface area (Å²) < 4.78 is 13.7. The van der Waals surface area contributed by atoms with Crippen molar-refractivity contribution in [3.05, 3.63) is 29.6 Å². The SMILES string of the molecule is CCNC(=O)c1c(F)cccc1[Si](C)(C)C. The van der Waals surface area contributed by atoms with Crippen LogP contribution >= 0.6 is 0 Å². The third-order valence-electron chi connectivity index (χ3n) is 2.39. The summed E-state index contributed by atoms with van der Waals surface area (Å²) in [6.45, 7) is 8.64. The van der Waals surface area contributed by atoms with Crippen molar-refractivity contribution in [2.75, 3.05) is 6.54 Å². The fraction of sp³-hybridized carbons (Fsp3) is 0.417. The Morgan fingerprint density at radius 1 is 1.38 bits per heavy atom. The molecular formula is C12H18FNOSi. The first kappa shape index (κ1) is 12.9. The van der Waals surface area contributed by atoms with Crippen molar-refractivity contribution in [2.24, 2.45) is 0 Å². The largest absolute Gasteiger partial charge is 0.352 e. The third-order valence-corrected chi connectivity index (χ3v) is 4.42. The van der Waals surface area contributed by atoms with E-state index in [0.717, 1.165) is 5.19 Å². The molecule has 0 unspecified atom stereocenters. The van der Waals surface area contributed by atoms with Crippen molar-refractivity contribution in [1.82, 2.24) is 5.32 Å². The number of benzene rings is 1. The molecule has 0 saturated heterocycles. The molecule has 0 aliphatic carbocycles. The number of hydrogen-bond acceptors (Lipinski definition) is 1. The highest BCUT2D eigenvalue weighted by atomic mass is 28.3. The lowest BCUT2D eigenvalue weighted by Gasteiger charge is -2.20. The molecule has 16 heavy (non-hydrogen) atoms. The standard InChI is InChI=1S/C12H18FNOSi/c1-5-14-12(15)11-9(13)7-6-8-10(11)16(2,3)4/h6-8H,5H2,1-4H3,(H,14,15). The zero-order valence-corrected chi connectivity index (χ0v) is 11.2. The molecule has 0 atom stereocenters. The molecule has 0 heterocycles. The average Bonchev–Trinajstić information content (AvgIpc) is 2.16. The molecular weight excluding hydrogens is 221 g/mol. The topological polar surface area (TPSA) is 29.1 Å². The summed E-state index contributed by atoms with van der Waals surface area (Å²) in [6, 6.07) is 4.87. The minimum atomic E-state index is -1.70. The predicted molar refractivity (Wildman–Crippen MR) is 67.4 cm³/mol. The Labute approximate surface area is 96.9 Å². The second-order valence-corrected chi connectivity index (χ2v) is 9.81. The maximum Gasteiger partial charge on any atom is 0.254 e. The Morgan fingerprint density at radius 3 is 2.50 bits per heavy atom. The summed E-state index contributed by atoms with van der Waals surface area (Å²) in [7, 11) is -1.70. The van der Waals surface area contributed by atoms with Crippen molar-refractivity contribution in [2.45, 2.75) is 26.6 Å². The number of carbonyl (C=O) groups excluding carboxylic acids is 1. The molecule has 0 spiro atoms. The number of rotatable bonds is 3. The van der Waals surface area contributed by atoms with Crippen LogP contribution in [0.2, 0.25) is 19.6 Å². The first-order valence-corrected chi connectivity index (χ1v) is 8.95. The second-order valence-electron chi connectivity index (χ2n) is 4.77. The van der Waals surface area contributed by atoms with Crippen LogP contribution in [0.4, 0.5) is 4.39 Å². The van der Waals surface area contributed by atoms with Crippen LogP contribution in [0.3, 0.4) is 0 Å². The molecule has 0 radical (unpaired) electrons. The quantitative estimate of drug-likeness (QED) is 0.804. The van der Waals surface area contributed by atoms with Crippen LogP contribution in [0.1, 0.15) is 17.3 Å². The highest BCUT2D eigenvalue weighted by Gasteiger charge is 2.25. The minimum Gasteiger partial charge on any atom is -0.352 e. The average molecular weight is 239 g/mol. The molecule has 0 bridgehead atoms. The highest BCUT2D eigenvalue weighted by Crippen LogP contribution is 2.11. The lowest BCUT2D eigenvalue weighted by atomic mass is 10.2. The van der Waals surface area contributed by atoms with E-state index >= 15 is 0 Å². The zero-order chi connectivity index (χ0) is 12.3. The molecule has 4 heteroatoms. The maximum absolute atomic E-state index is 13.7. The van der Waals surface area contributed by atoms with Crippen LogP contribution < -0.4 is 10.5 Å². The van der Waals surface area contributed by atoms with Crippen molar-refractivity contribution >= 4 is 19.2 Å². The first-order chi connectivity index (χ1) is 7.38. The number of halogens is 1. The van der Waals surface area contributed by atoms with Gasteiger partial charge in [-0.3, -0.25) is 4.79 Å². The molecule has 0 aliphatic rings. The molecule has 0 aliphatic heterocycles. The lowest BCUT2D eigenvalue weighted by molar-refractivity contribution is 0.0953. The van der Waals surface area contributed by atoms with Crippen molar-refractivity contribution in [3.63, 3.8) is 0 Å². The van der Waals surface area contributed by atoms with Gasteiger partial charge in [-0.25, -0.2) is 4.39 Å². The van der Waals surface area contributed by atoms with Gasteiger partial charge in [-0.15, -0.1) is 0 Å². The van der Waals surface area contributed by atoms with Crippen molar-refractivity contribution in [1.29, 1.82) is 0 Å². The summed E-state index contributed by atoms with van der Waals surface area (Å²) in [5.41, 5.74) is 0.225. The molecule has 1 aromatic rings. The summed E-state index contributed by atoms with van der Waals surface area (Å²) >= 11 is 0. The van der Waals surface area contributed by atoms with E-state index in [1.54, 1.807) is 6.07 Å². The monoisotopic (exact) mass is 239 g/mol. The fourth-order valence-corrected chi connectivity index (χ4v) is 3.21. The van der Waals surface area contributed by atoms with Gasteiger partial charge < -0.3 is 5.32 Å². The molecule has 1 aromatic carbocycles. The van der Waals surface area contributed by atoms with Gasteiger partial charge in [-0.1, -0.05) is 31.8 Å². The van der Waals surface area contributed by atoms with Gasteiger partial charge in [0, 0.05) is 6.54 Å². The first-order valence-electron chi connectivity index (χ1n) is 5.45. The van der Waals surface area contributed by atoms with Crippen LogP contribution in [0, 0.1) is 5.82 Å². The van der Waals surface area contributed by atoms with E-state index in [4.69, 9.17) is 0 Å². The number of amides is 1. The van der Waals surface area contributed by atoms with Gasteiger partial charge in [-0.2, -0.15) is 0 Å². The Morgan fingerprint density at radius 2 is 2.00 bits per heavy atom. The van der Waals surface area contributed by atoms with E-state index < -0.39 is 13.9 Å². The summed E-state index contributed by atoms with van der Waals surface area (Å²) in [5, 5.41) is 3.53. The molecule has 0 saturated carbocycles. The Hall–Kier alpha value is -1.16. The van der Waals surface area contributed by atoms with E-state index in [1.807, 2.05) is 13.0 Å². The number of carbonyl (C=O) groups is 1. The summed E-state index contributed by atoms with van der Waals surface area (Å²) in [4.78, 5) is 11.8. The summed E-state index contributed by atoms with van der Waals surface area (Å²) in [6.07, 6.45) is 0. The van der Waals surface area contributed by atoms with Crippen LogP contribution in [0.15, 0.2) is 18.2 Å². The van der Waals surface area contributed by atoms with Crippen LogP contribution in [0.5, 0.6) is 0 Å². The third kappa shape index (κ3) is 2.69. The Balaban J connectivity index is 3.30. The fourth-order valence-electron chi connectivity index (χ4n) is 1.63. The Kier molecular flexibility index (Phi) is 3.86. The van der Waals surface area contributed by atoms with E-state index in [1.165, 1.54) is 6.07 Å². The van der Waals surface area contributed by atoms with Gasteiger partial charge in [0.25, 0.3) is 5.91 Å². The van der Waals surface area contributed by atoms with Crippen molar-refractivity contribution in [3.8, 4) is 0 Å². The summed E-state index contributed by atoms with van der Waals surface area (Å²) in [5.74, 6) is -0.732. The Bertz CT molecular complexity index is 398. The lowest BCUT2D eigenvalue weighted by Crippen LogP contribution is -2.44. The van der Waals surface area contributed by atoms with E-state index in [9.17, 15) is 9.18 Å². The molecule has 88 valence electrons. The molecule has 2 nitrogen and oxygen atoms in total. The van der Waals surface area contributed by atoms with Crippen LogP contribution in [-0.2, 0) is 0 Å². The molecule has 1 amide bonds.